The molecule has 1 aliphatic heterocycles. The van der Waals surface area contributed by atoms with Crippen molar-refractivity contribution in [1.82, 2.24) is 19.4 Å². The van der Waals surface area contributed by atoms with Crippen LogP contribution in [-0.4, -0.2) is 58.1 Å². The first-order chi connectivity index (χ1) is 10.3. The first-order valence-electron chi connectivity index (χ1n) is 7.87. The third kappa shape index (κ3) is 4.14. The van der Waals surface area contributed by atoms with Crippen LogP contribution in [0, 0.1) is 5.92 Å². The van der Waals surface area contributed by atoms with E-state index in [1.807, 2.05) is 4.90 Å². The Morgan fingerprint density at radius 2 is 2.00 bits per heavy atom. The van der Waals surface area contributed by atoms with Crippen LogP contribution in [0.1, 0.15) is 32.1 Å². The molecule has 0 bridgehead atoms. The van der Waals surface area contributed by atoms with Crippen LogP contribution >= 0.6 is 11.5 Å². The highest BCUT2D eigenvalue weighted by Crippen LogP contribution is 2.24. The van der Waals surface area contributed by atoms with Crippen LogP contribution in [0.4, 0.5) is 9.80 Å². The zero-order valence-corrected chi connectivity index (χ0v) is 13.1. The summed E-state index contributed by atoms with van der Waals surface area (Å²) < 4.78 is 3.75. The second-order valence-corrected chi connectivity index (χ2v) is 6.79. The topological polar surface area (TPSA) is 61.4 Å². The summed E-state index contributed by atoms with van der Waals surface area (Å²) in [5, 5.41) is 7.29. The molecule has 2 fully saturated rings. The molecule has 0 unspecified atom stereocenters. The minimum atomic E-state index is -0.0293. The third-order valence-corrected chi connectivity index (χ3v) is 5.07. The maximum absolute atomic E-state index is 12.1. The predicted molar refractivity (Wildman–Crippen MR) is 83.5 cm³/mol. The lowest BCUT2D eigenvalue weighted by Gasteiger charge is -2.37. The Balaban J connectivity index is 1.41. The molecule has 3 rings (SSSR count). The molecule has 7 heteroatoms. The Labute approximate surface area is 129 Å². The lowest BCUT2D eigenvalue weighted by Crippen LogP contribution is -2.51. The van der Waals surface area contributed by atoms with Gasteiger partial charge in [-0.3, -0.25) is 10.2 Å². The van der Waals surface area contributed by atoms with Gasteiger partial charge >= 0.3 is 6.03 Å². The highest BCUT2D eigenvalue weighted by molar-refractivity contribution is 7.10. The Bertz CT molecular complexity index is 438. The molecule has 2 heterocycles. The van der Waals surface area contributed by atoms with Gasteiger partial charge in [0.1, 0.15) is 5.00 Å². The van der Waals surface area contributed by atoms with Gasteiger partial charge in [-0.15, -0.1) is 5.10 Å². The summed E-state index contributed by atoms with van der Waals surface area (Å²) in [4.78, 5) is 16.5. The number of rotatable bonds is 3. The van der Waals surface area contributed by atoms with Crippen molar-refractivity contribution < 1.29 is 4.79 Å². The van der Waals surface area contributed by atoms with E-state index in [9.17, 15) is 4.79 Å². The molecular weight excluding hydrogens is 286 g/mol. The number of hydrogen-bond donors (Lipinski definition) is 1. The van der Waals surface area contributed by atoms with E-state index in [0.29, 0.717) is 5.00 Å². The highest BCUT2D eigenvalue weighted by Gasteiger charge is 2.24. The van der Waals surface area contributed by atoms with Crippen molar-refractivity contribution in [3.8, 4) is 0 Å². The highest BCUT2D eigenvalue weighted by atomic mass is 32.1. The molecule has 1 aromatic rings. The van der Waals surface area contributed by atoms with E-state index in [-0.39, 0.29) is 6.03 Å². The summed E-state index contributed by atoms with van der Waals surface area (Å²) in [6.45, 7) is 4.82. The summed E-state index contributed by atoms with van der Waals surface area (Å²) >= 11 is 1.21. The van der Waals surface area contributed by atoms with Gasteiger partial charge in [-0.25, -0.2) is 4.79 Å². The van der Waals surface area contributed by atoms with Gasteiger partial charge in [0, 0.05) is 44.3 Å². The molecule has 1 saturated heterocycles. The van der Waals surface area contributed by atoms with Crippen LogP contribution in [-0.2, 0) is 0 Å². The number of carbonyl (C=O) groups is 1. The van der Waals surface area contributed by atoms with Crippen molar-refractivity contribution in [3.05, 3.63) is 6.20 Å². The number of hydrogen-bond acceptors (Lipinski definition) is 5. The Morgan fingerprint density at radius 3 is 2.67 bits per heavy atom. The van der Waals surface area contributed by atoms with Gasteiger partial charge in [-0.1, -0.05) is 23.8 Å². The van der Waals surface area contributed by atoms with E-state index in [1.165, 1.54) is 50.2 Å². The summed E-state index contributed by atoms with van der Waals surface area (Å²) in [5.41, 5.74) is 0. The summed E-state index contributed by atoms with van der Waals surface area (Å²) in [6, 6.07) is -0.0293. The van der Waals surface area contributed by atoms with Gasteiger partial charge in [0.2, 0.25) is 0 Å². The van der Waals surface area contributed by atoms with Crippen molar-refractivity contribution in [3.63, 3.8) is 0 Å². The average molecular weight is 309 g/mol. The number of piperazine rings is 1. The van der Waals surface area contributed by atoms with Gasteiger partial charge in [0.15, 0.2) is 0 Å². The average Bonchev–Trinajstić information content (AvgIpc) is 3.02. The molecule has 116 valence electrons. The molecule has 0 atom stereocenters. The fraction of sp³-hybridized carbons (Fsp3) is 0.786. The Kier molecular flexibility index (Phi) is 5.03. The minimum absolute atomic E-state index is 0.0293. The van der Waals surface area contributed by atoms with E-state index < -0.39 is 0 Å². The maximum atomic E-state index is 12.1. The van der Waals surface area contributed by atoms with Gasteiger partial charge in [0.05, 0.1) is 6.20 Å². The number of nitrogens with zero attached hydrogens (tertiary/aromatic N) is 4. The summed E-state index contributed by atoms with van der Waals surface area (Å²) in [6.07, 6.45) is 8.57. The first kappa shape index (κ1) is 14.7. The van der Waals surface area contributed by atoms with Crippen molar-refractivity contribution in [2.75, 3.05) is 38.0 Å². The van der Waals surface area contributed by atoms with Crippen LogP contribution in [0.5, 0.6) is 0 Å². The molecule has 2 aliphatic rings. The zero-order chi connectivity index (χ0) is 14.5. The van der Waals surface area contributed by atoms with Crippen LogP contribution in [0.2, 0.25) is 0 Å². The molecule has 1 N–H and O–H groups in total. The lowest BCUT2D eigenvalue weighted by atomic mass is 9.89. The second kappa shape index (κ2) is 7.17. The van der Waals surface area contributed by atoms with Crippen molar-refractivity contribution in [2.45, 2.75) is 32.1 Å². The SMILES string of the molecule is O=C(Nc1cnns1)N1CCN(CC2CCCCC2)CC1. The number of aromatic nitrogens is 2. The third-order valence-electron chi connectivity index (χ3n) is 4.49. The standard InChI is InChI=1S/C14H23N5OS/c20-14(16-13-10-15-17-21-13)19-8-6-18(7-9-19)11-12-4-2-1-3-5-12/h10,12H,1-9,11H2,(H,16,20). The van der Waals surface area contributed by atoms with Crippen LogP contribution in [0.3, 0.4) is 0 Å². The van der Waals surface area contributed by atoms with E-state index in [4.69, 9.17) is 0 Å². The first-order valence-corrected chi connectivity index (χ1v) is 8.64. The number of nitrogens with one attached hydrogen (secondary N) is 1. The van der Waals surface area contributed by atoms with Crippen molar-refractivity contribution in [2.24, 2.45) is 5.92 Å². The molecule has 0 spiro atoms. The summed E-state index contributed by atoms with van der Waals surface area (Å²) in [7, 11) is 0. The number of carbonyl (C=O) groups excluding carboxylic acids is 1. The lowest BCUT2D eigenvalue weighted by molar-refractivity contribution is 0.125. The van der Waals surface area contributed by atoms with Gasteiger partial charge in [-0.2, -0.15) is 0 Å². The summed E-state index contributed by atoms with van der Waals surface area (Å²) in [5.74, 6) is 0.877. The van der Waals surface area contributed by atoms with E-state index in [1.54, 1.807) is 6.20 Å². The molecule has 1 aromatic heterocycles. The smallest absolute Gasteiger partial charge is 0.322 e. The van der Waals surface area contributed by atoms with Gasteiger partial charge < -0.3 is 4.90 Å². The minimum Gasteiger partial charge on any atom is -0.322 e. The Hall–Kier alpha value is -1.21. The van der Waals surface area contributed by atoms with E-state index in [0.717, 1.165) is 32.1 Å². The second-order valence-electron chi connectivity index (χ2n) is 6.00. The van der Waals surface area contributed by atoms with Crippen LogP contribution in [0.25, 0.3) is 0 Å². The van der Waals surface area contributed by atoms with Crippen molar-refractivity contribution in [1.29, 1.82) is 0 Å². The number of amides is 2. The molecular formula is C14H23N5OS. The Morgan fingerprint density at radius 1 is 1.24 bits per heavy atom. The molecule has 0 aromatic carbocycles. The quantitative estimate of drug-likeness (QED) is 0.930. The molecule has 21 heavy (non-hydrogen) atoms. The van der Waals surface area contributed by atoms with Gasteiger partial charge in [-0.05, 0) is 18.8 Å². The largest absolute Gasteiger partial charge is 0.322 e. The molecule has 6 nitrogen and oxygen atoms in total. The van der Waals surface area contributed by atoms with E-state index >= 15 is 0 Å². The molecule has 2 amide bonds. The van der Waals surface area contributed by atoms with E-state index in [2.05, 4.69) is 19.8 Å². The fourth-order valence-electron chi connectivity index (χ4n) is 3.28. The van der Waals surface area contributed by atoms with Crippen molar-refractivity contribution >= 4 is 22.6 Å². The normalized spacial score (nSPS) is 21.4. The number of urea groups is 1. The maximum Gasteiger partial charge on any atom is 0.322 e. The van der Waals surface area contributed by atoms with Crippen LogP contribution < -0.4 is 5.32 Å². The molecule has 1 saturated carbocycles. The monoisotopic (exact) mass is 309 g/mol. The predicted octanol–water partition coefficient (Wildman–Crippen LogP) is 2.27. The molecule has 1 aliphatic carbocycles. The molecule has 0 radical (unpaired) electrons. The van der Waals surface area contributed by atoms with Crippen LogP contribution in [0.15, 0.2) is 6.20 Å². The zero-order valence-electron chi connectivity index (χ0n) is 12.3. The number of anilines is 1. The van der Waals surface area contributed by atoms with Gasteiger partial charge in [0.25, 0.3) is 0 Å². The fourth-order valence-corrected chi connectivity index (χ4v) is 3.68.